The molecule has 33 heavy (non-hydrogen) atoms. The number of nitrogens with zero attached hydrogens (tertiary/aromatic N) is 2. The highest BCUT2D eigenvalue weighted by Crippen LogP contribution is 2.22. The van der Waals surface area contributed by atoms with E-state index in [0.717, 1.165) is 6.42 Å². The van der Waals surface area contributed by atoms with Crippen molar-refractivity contribution in [3.8, 4) is 17.6 Å². The number of aromatic nitrogens is 2. The average molecular weight is 473 g/mol. The molecule has 3 aromatic rings. The van der Waals surface area contributed by atoms with Crippen LogP contribution in [0.15, 0.2) is 59.5 Å². The van der Waals surface area contributed by atoms with Gasteiger partial charge in [0.2, 0.25) is 5.88 Å². The Hall–Kier alpha value is -3.86. The van der Waals surface area contributed by atoms with E-state index in [2.05, 4.69) is 20.0 Å². The average Bonchev–Trinajstić information content (AvgIpc) is 2.82. The molecule has 0 saturated carbocycles. The van der Waals surface area contributed by atoms with Gasteiger partial charge in [-0.15, -0.1) is 0 Å². The minimum Gasteiger partial charge on any atom is -0.494 e. The van der Waals surface area contributed by atoms with E-state index < -0.39 is 10.0 Å². The largest absolute Gasteiger partial charge is 0.494 e. The highest BCUT2D eigenvalue weighted by Gasteiger charge is 2.17. The molecule has 174 valence electrons. The molecule has 2 aromatic carbocycles. The molecular weight excluding hydrogens is 448 g/mol. The first-order valence-electron chi connectivity index (χ1n) is 9.98. The Morgan fingerprint density at radius 2 is 1.67 bits per heavy atom. The Kier molecular flexibility index (Phi) is 7.67. The van der Waals surface area contributed by atoms with Gasteiger partial charge in [-0.1, -0.05) is 6.92 Å². The molecule has 0 saturated heterocycles. The van der Waals surface area contributed by atoms with Crippen LogP contribution >= 0.6 is 0 Å². The SMILES string of the molecule is CCCOc1ccc(C(=O)Nc2ccc(S(=O)(=O)Nc3cc(OC)nc(OC)n3)cc2)cc1. The number of hydrogen-bond donors (Lipinski definition) is 2. The third-order valence-electron chi connectivity index (χ3n) is 4.32. The van der Waals surface area contributed by atoms with Gasteiger partial charge >= 0.3 is 6.01 Å². The van der Waals surface area contributed by atoms with Crippen LogP contribution in [0.2, 0.25) is 0 Å². The van der Waals surface area contributed by atoms with Gasteiger partial charge in [-0.25, -0.2) is 8.42 Å². The molecule has 1 heterocycles. The maximum Gasteiger partial charge on any atom is 0.321 e. The number of methoxy groups -OCH3 is 2. The minimum absolute atomic E-state index is 0.0116. The van der Waals surface area contributed by atoms with Gasteiger partial charge in [0.1, 0.15) is 5.75 Å². The van der Waals surface area contributed by atoms with Gasteiger partial charge in [0.25, 0.3) is 15.9 Å². The number of sulfonamides is 1. The number of carbonyl (C=O) groups is 1. The number of rotatable bonds is 10. The van der Waals surface area contributed by atoms with Crippen LogP contribution in [0.5, 0.6) is 17.6 Å². The lowest BCUT2D eigenvalue weighted by atomic mass is 10.2. The molecule has 10 nitrogen and oxygen atoms in total. The molecule has 3 rings (SSSR count). The fourth-order valence-corrected chi connectivity index (χ4v) is 3.68. The van der Waals surface area contributed by atoms with Crippen LogP contribution in [0, 0.1) is 0 Å². The molecule has 0 spiro atoms. The maximum absolute atomic E-state index is 12.7. The van der Waals surface area contributed by atoms with Crippen LogP contribution in [0.4, 0.5) is 11.5 Å². The molecule has 0 radical (unpaired) electrons. The Morgan fingerprint density at radius 1 is 0.970 bits per heavy atom. The van der Waals surface area contributed by atoms with Crippen molar-refractivity contribution in [2.45, 2.75) is 18.2 Å². The molecule has 11 heteroatoms. The molecule has 0 atom stereocenters. The Morgan fingerprint density at radius 3 is 2.27 bits per heavy atom. The van der Waals surface area contributed by atoms with Crippen LogP contribution in [-0.2, 0) is 10.0 Å². The molecule has 0 aliphatic heterocycles. The number of amides is 1. The van der Waals surface area contributed by atoms with Crippen molar-refractivity contribution in [1.82, 2.24) is 9.97 Å². The van der Waals surface area contributed by atoms with Gasteiger partial charge in [-0.3, -0.25) is 9.52 Å². The summed E-state index contributed by atoms with van der Waals surface area (Å²) in [6.07, 6.45) is 0.894. The summed E-state index contributed by atoms with van der Waals surface area (Å²) in [5.74, 6) is 0.491. The Bertz CT molecular complexity index is 1180. The lowest BCUT2D eigenvalue weighted by Crippen LogP contribution is -2.15. The summed E-state index contributed by atoms with van der Waals surface area (Å²) in [7, 11) is -1.20. The maximum atomic E-state index is 12.7. The van der Waals surface area contributed by atoms with Gasteiger partial charge in [0, 0.05) is 17.3 Å². The van der Waals surface area contributed by atoms with Gasteiger partial charge in [-0.2, -0.15) is 9.97 Å². The van der Waals surface area contributed by atoms with Crippen molar-refractivity contribution >= 4 is 27.4 Å². The van der Waals surface area contributed by atoms with Gasteiger partial charge < -0.3 is 19.5 Å². The van der Waals surface area contributed by atoms with Gasteiger partial charge in [0.15, 0.2) is 5.82 Å². The van der Waals surface area contributed by atoms with Crippen LogP contribution in [0.3, 0.4) is 0 Å². The third-order valence-corrected chi connectivity index (χ3v) is 5.70. The Balaban J connectivity index is 1.68. The lowest BCUT2D eigenvalue weighted by molar-refractivity contribution is 0.102. The van der Waals surface area contributed by atoms with E-state index in [1.54, 1.807) is 24.3 Å². The van der Waals surface area contributed by atoms with Crippen molar-refractivity contribution in [2.75, 3.05) is 30.9 Å². The summed E-state index contributed by atoms with van der Waals surface area (Å²) in [6, 6.07) is 13.8. The number of anilines is 2. The number of hydrogen-bond acceptors (Lipinski definition) is 8. The van der Waals surface area contributed by atoms with E-state index in [1.807, 2.05) is 6.92 Å². The molecule has 0 bridgehead atoms. The summed E-state index contributed by atoms with van der Waals surface area (Å²) in [5.41, 5.74) is 0.888. The topological polar surface area (TPSA) is 129 Å². The van der Waals surface area contributed by atoms with Crippen molar-refractivity contribution in [2.24, 2.45) is 0 Å². The van der Waals surface area contributed by atoms with E-state index >= 15 is 0 Å². The molecule has 1 amide bonds. The summed E-state index contributed by atoms with van der Waals surface area (Å²) >= 11 is 0. The normalized spacial score (nSPS) is 10.9. The zero-order chi connectivity index (χ0) is 23.8. The van der Waals surface area contributed by atoms with Crippen LogP contribution in [0.25, 0.3) is 0 Å². The summed E-state index contributed by atoms with van der Waals surface area (Å²) in [4.78, 5) is 20.3. The highest BCUT2D eigenvalue weighted by atomic mass is 32.2. The van der Waals surface area contributed by atoms with Crippen molar-refractivity contribution in [3.63, 3.8) is 0 Å². The highest BCUT2D eigenvalue weighted by molar-refractivity contribution is 7.92. The standard InChI is InChI=1S/C22H24N4O6S/c1-4-13-32-17-9-5-15(6-10-17)21(27)23-16-7-11-18(12-8-16)33(28,29)26-19-14-20(30-2)25-22(24-19)31-3/h5-12,14H,4,13H2,1-3H3,(H,23,27)(H,24,25,26). The quantitative estimate of drug-likeness (QED) is 0.460. The van der Waals surface area contributed by atoms with Gasteiger partial charge in [0.05, 0.1) is 25.7 Å². The molecule has 2 N–H and O–H groups in total. The summed E-state index contributed by atoms with van der Waals surface area (Å²) in [6.45, 7) is 2.62. The molecule has 0 unspecified atom stereocenters. The molecule has 0 fully saturated rings. The first kappa shape index (κ1) is 23.8. The lowest BCUT2D eigenvalue weighted by Gasteiger charge is -2.11. The van der Waals surface area contributed by atoms with Crippen molar-refractivity contribution in [1.29, 1.82) is 0 Å². The Labute approximate surface area is 192 Å². The van der Waals surface area contributed by atoms with Crippen molar-refractivity contribution < 1.29 is 27.4 Å². The zero-order valence-corrected chi connectivity index (χ0v) is 19.2. The number of nitrogens with one attached hydrogen (secondary N) is 2. The first-order chi connectivity index (χ1) is 15.8. The summed E-state index contributed by atoms with van der Waals surface area (Å²) in [5, 5.41) is 2.73. The zero-order valence-electron chi connectivity index (χ0n) is 18.4. The second kappa shape index (κ2) is 10.6. The molecular formula is C22H24N4O6S. The van der Waals surface area contributed by atoms with E-state index in [-0.39, 0.29) is 28.5 Å². The van der Waals surface area contributed by atoms with Gasteiger partial charge in [-0.05, 0) is 55.0 Å². The second-order valence-electron chi connectivity index (χ2n) is 6.74. The molecule has 0 aliphatic carbocycles. The second-order valence-corrected chi connectivity index (χ2v) is 8.42. The smallest absolute Gasteiger partial charge is 0.321 e. The van der Waals surface area contributed by atoms with Crippen LogP contribution < -0.4 is 24.2 Å². The fourth-order valence-electron chi connectivity index (χ4n) is 2.69. The van der Waals surface area contributed by atoms with E-state index in [9.17, 15) is 13.2 Å². The third kappa shape index (κ3) is 6.32. The van der Waals surface area contributed by atoms with E-state index in [4.69, 9.17) is 14.2 Å². The fraction of sp³-hybridized carbons (Fsp3) is 0.227. The minimum atomic E-state index is -3.95. The molecule has 0 aliphatic rings. The number of carbonyl (C=O) groups excluding carboxylic acids is 1. The monoisotopic (exact) mass is 472 g/mol. The summed E-state index contributed by atoms with van der Waals surface area (Å²) < 4.78 is 43.2. The number of benzene rings is 2. The van der Waals surface area contributed by atoms with Crippen LogP contribution in [-0.4, -0.2) is 45.1 Å². The first-order valence-corrected chi connectivity index (χ1v) is 11.5. The van der Waals surface area contributed by atoms with Crippen LogP contribution in [0.1, 0.15) is 23.7 Å². The predicted molar refractivity (Wildman–Crippen MR) is 123 cm³/mol. The number of ether oxygens (including phenoxy) is 3. The molecule has 1 aromatic heterocycles. The van der Waals surface area contributed by atoms with E-state index in [0.29, 0.717) is 23.6 Å². The van der Waals surface area contributed by atoms with Crippen molar-refractivity contribution in [3.05, 3.63) is 60.2 Å². The predicted octanol–water partition coefficient (Wildman–Crippen LogP) is 3.34. The van der Waals surface area contributed by atoms with E-state index in [1.165, 1.54) is 44.6 Å².